The van der Waals surface area contributed by atoms with Gasteiger partial charge in [-0.05, 0) is 73.0 Å². The van der Waals surface area contributed by atoms with Crippen LogP contribution in [0.15, 0.2) is 65.6 Å². The normalized spacial score (nSPS) is 11.1. The van der Waals surface area contributed by atoms with Gasteiger partial charge >= 0.3 is 0 Å². The highest BCUT2D eigenvalue weighted by molar-refractivity contribution is 7.92. The Bertz CT molecular complexity index is 1210. The molecule has 0 spiro atoms. The standard InChI is InChI=1S/C23H24N2O5S/c1-15-5-4-6-20(16(15)2)25-31(28,29)19-10-8-18(9-11-19)23(27)24-14-17-7-12-21(26)22(13-17)30-3/h4-13,25-26H,14H2,1-3H3,(H,24,27). The Hall–Kier alpha value is -3.52. The van der Waals surface area contributed by atoms with Gasteiger partial charge in [0.05, 0.1) is 17.7 Å². The predicted octanol–water partition coefficient (Wildman–Crippen LogP) is 3.75. The van der Waals surface area contributed by atoms with Crippen molar-refractivity contribution in [1.29, 1.82) is 0 Å². The molecule has 1 amide bonds. The van der Waals surface area contributed by atoms with Crippen molar-refractivity contribution in [3.05, 3.63) is 82.9 Å². The fraction of sp³-hybridized carbons (Fsp3) is 0.174. The molecule has 8 heteroatoms. The van der Waals surface area contributed by atoms with Crippen molar-refractivity contribution in [3.8, 4) is 11.5 Å². The van der Waals surface area contributed by atoms with Gasteiger partial charge in [0, 0.05) is 12.1 Å². The molecule has 7 nitrogen and oxygen atoms in total. The second-order valence-electron chi connectivity index (χ2n) is 7.07. The van der Waals surface area contributed by atoms with Gasteiger partial charge < -0.3 is 15.2 Å². The summed E-state index contributed by atoms with van der Waals surface area (Å²) >= 11 is 0. The highest BCUT2D eigenvalue weighted by Gasteiger charge is 2.16. The maximum atomic E-state index is 12.7. The molecule has 0 radical (unpaired) electrons. The predicted molar refractivity (Wildman–Crippen MR) is 119 cm³/mol. The number of benzene rings is 3. The van der Waals surface area contributed by atoms with E-state index in [1.165, 1.54) is 37.4 Å². The van der Waals surface area contributed by atoms with Crippen LogP contribution in [0.4, 0.5) is 5.69 Å². The molecule has 0 aliphatic rings. The Morgan fingerprint density at radius 3 is 2.42 bits per heavy atom. The summed E-state index contributed by atoms with van der Waals surface area (Å²) in [4.78, 5) is 12.5. The van der Waals surface area contributed by atoms with E-state index in [4.69, 9.17) is 4.74 Å². The van der Waals surface area contributed by atoms with Crippen LogP contribution in [-0.2, 0) is 16.6 Å². The molecule has 0 fully saturated rings. The number of sulfonamides is 1. The molecule has 3 aromatic rings. The van der Waals surface area contributed by atoms with Crippen molar-refractivity contribution in [3.63, 3.8) is 0 Å². The third-order valence-electron chi connectivity index (χ3n) is 4.97. The lowest BCUT2D eigenvalue weighted by Crippen LogP contribution is -2.23. The Kier molecular flexibility index (Phi) is 6.50. The number of methoxy groups -OCH3 is 1. The molecule has 0 saturated heterocycles. The van der Waals surface area contributed by atoms with E-state index in [1.54, 1.807) is 24.3 Å². The number of ether oxygens (including phenoxy) is 1. The number of aryl methyl sites for hydroxylation is 1. The fourth-order valence-electron chi connectivity index (χ4n) is 2.97. The first-order valence-electron chi connectivity index (χ1n) is 9.54. The van der Waals surface area contributed by atoms with E-state index < -0.39 is 10.0 Å². The van der Waals surface area contributed by atoms with Gasteiger partial charge in [-0.1, -0.05) is 18.2 Å². The van der Waals surface area contributed by atoms with E-state index in [0.29, 0.717) is 17.0 Å². The van der Waals surface area contributed by atoms with Crippen molar-refractivity contribution in [2.75, 3.05) is 11.8 Å². The van der Waals surface area contributed by atoms with E-state index in [0.717, 1.165) is 16.7 Å². The van der Waals surface area contributed by atoms with Crippen molar-refractivity contribution >= 4 is 21.6 Å². The molecule has 3 N–H and O–H groups in total. The maximum Gasteiger partial charge on any atom is 0.261 e. The molecule has 31 heavy (non-hydrogen) atoms. The lowest BCUT2D eigenvalue weighted by atomic mass is 10.1. The summed E-state index contributed by atoms with van der Waals surface area (Å²) in [7, 11) is -2.33. The first-order chi connectivity index (χ1) is 14.7. The Balaban J connectivity index is 1.69. The molecule has 0 aromatic heterocycles. The molecular weight excluding hydrogens is 416 g/mol. The number of phenols is 1. The molecule has 162 valence electrons. The minimum Gasteiger partial charge on any atom is -0.504 e. The highest BCUT2D eigenvalue weighted by Crippen LogP contribution is 2.26. The largest absolute Gasteiger partial charge is 0.504 e. The number of hydrogen-bond donors (Lipinski definition) is 3. The van der Waals surface area contributed by atoms with Crippen LogP contribution in [0.2, 0.25) is 0 Å². The Labute approximate surface area is 181 Å². The maximum absolute atomic E-state index is 12.7. The lowest BCUT2D eigenvalue weighted by molar-refractivity contribution is 0.0950. The van der Waals surface area contributed by atoms with Gasteiger partial charge in [-0.15, -0.1) is 0 Å². The number of nitrogens with one attached hydrogen (secondary N) is 2. The van der Waals surface area contributed by atoms with Crippen molar-refractivity contribution < 1.29 is 23.1 Å². The van der Waals surface area contributed by atoms with Crippen LogP contribution in [0, 0.1) is 13.8 Å². The number of phenolic OH excluding ortho intramolecular Hbond substituents is 1. The average molecular weight is 441 g/mol. The third-order valence-corrected chi connectivity index (χ3v) is 6.35. The topological polar surface area (TPSA) is 105 Å². The number of hydrogen-bond acceptors (Lipinski definition) is 5. The van der Waals surface area contributed by atoms with Gasteiger partial charge in [-0.25, -0.2) is 8.42 Å². The minimum atomic E-state index is -3.78. The first-order valence-corrected chi connectivity index (χ1v) is 11.0. The third kappa shape index (κ3) is 5.16. The number of rotatable bonds is 7. The molecule has 3 aromatic carbocycles. The van der Waals surface area contributed by atoms with E-state index >= 15 is 0 Å². The molecule has 0 saturated carbocycles. The molecule has 0 aliphatic carbocycles. The van der Waals surface area contributed by atoms with Crippen LogP contribution in [0.25, 0.3) is 0 Å². The number of carbonyl (C=O) groups is 1. The zero-order valence-corrected chi connectivity index (χ0v) is 18.3. The van der Waals surface area contributed by atoms with Crippen molar-refractivity contribution in [2.45, 2.75) is 25.3 Å². The van der Waals surface area contributed by atoms with Gasteiger partial charge in [0.15, 0.2) is 11.5 Å². The van der Waals surface area contributed by atoms with Crippen LogP contribution >= 0.6 is 0 Å². The van der Waals surface area contributed by atoms with Gasteiger partial charge in [0.25, 0.3) is 15.9 Å². The second kappa shape index (κ2) is 9.09. The van der Waals surface area contributed by atoms with E-state index in [9.17, 15) is 18.3 Å². The molecule has 3 rings (SSSR count). The lowest BCUT2D eigenvalue weighted by Gasteiger charge is -2.12. The number of anilines is 1. The summed E-state index contributed by atoms with van der Waals surface area (Å²) in [5.74, 6) is -0.0139. The monoisotopic (exact) mass is 440 g/mol. The van der Waals surface area contributed by atoms with E-state index in [1.807, 2.05) is 19.9 Å². The van der Waals surface area contributed by atoms with Gasteiger partial charge in [-0.3, -0.25) is 9.52 Å². The summed E-state index contributed by atoms with van der Waals surface area (Å²) in [5, 5.41) is 12.4. The summed E-state index contributed by atoms with van der Waals surface area (Å²) in [6.07, 6.45) is 0. The Morgan fingerprint density at radius 2 is 1.74 bits per heavy atom. The van der Waals surface area contributed by atoms with Crippen LogP contribution < -0.4 is 14.8 Å². The van der Waals surface area contributed by atoms with Crippen LogP contribution in [-0.4, -0.2) is 26.5 Å². The molecule has 0 bridgehead atoms. The molecular formula is C23H24N2O5S. The number of carbonyl (C=O) groups excluding carboxylic acids is 1. The summed E-state index contributed by atoms with van der Waals surface area (Å²) in [5.41, 5.74) is 3.44. The molecule has 0 atom stereocenters. The molecule has 0 unspecified atom stereocenters. The fourth-order valence-corrected chi connectivity index (χ4v) is 4.09. The second-order valence-corrected chi connectivity index (χ2v) is 8.75. The van der Waals surface area contributed by atoms with Crippen LogP contribution in [0.5, 0.6) is 11.5 Å². The zero-order chi connectivity index (χ0) is 22.6. The number of aromatic hydroxyl groups is 1. The van der Waals surface area contributed by atoms with Gasteiger partial charge in [-0.2, -0.15) is 0 Å². The average Bonchev–Trinajstić information content (AvgIpc) is 2.76. The zero-order valence-electron chi connectivity index (χ0n) is 17.5. The van der Waals surface area contributed by atoms with Gasteiger partial charge in [0.1, 0.15) is 0 Å². The highest BCUT2D eigenvalue weighted by atomic mass is 32.2. The summed E-state index contributed by atoms with van der Waals surface area (Å²) < 4.78 is 33.0. The summed E-state index contributed by atoms with van der Waals surface area (Å²) in [6.45, 7) is 3.99. The SMILES string of the molecule is COc1cc(CNC(=O)c2ccc(S(=O)(=O)Nc3cccc(C)c3C)cc2)ccc1O. The molecule has 0 heterocycles. The first kappa shape index (κ1) is 22.2. The minimum absolute atomic E-state index is 0.0174. The van der Waals surface area contributed by atoms with E-state index in [-0.39, 0.29) is 23.1 Å². The quantitative estimate of drug-likeness (QED) is 0.519. The molecule has 0 aliphatic heterocycles. The Morgan fingerprint density at radius 1 is 1.03 bits per heavy atom. The summed E-state index contributed by atoms with van der Waals surface area (Å²) in [6, 6.07) is 15.9. The van der Waals surface area contributed by atoms with Crippen molar-refractivity contribution in [1.82, 2.24) is 5.32 Å². The smallest absolute Gasteiger partial charge is 0.261 e. The number of amides is 1. The van der Waals surface area contributed by atoms with Crippen LogP contribution in [0.3, 0.4) is 0 Å². The van der Waals surface area contributed by atoms with Crippen LogP contribution in [0.1, 0.15) is 27.0 Å². The van der Waals surface area contributed by atoms with E-state index in [2.05, 4.69) is 10.0 Å². The van der Waals surface area contributed by atoms with Gasteiger partial charge in [0.2, 0.25) is 0 Å². The van der Waals surface area contributed by atoms with Crippen molar-refractivity contribution in [2.24, 2.45) is 0 Å².